The van der Waals surface area contributed by atoms with Gasteiger partial charge in [0.25, 0.3) is 0 Å². The Morgan fingerprint density at radius 3 is 2.85 bits per heavy atom. The fourth-order valence-electron chi connectivity index (χ4n) is 2.44. The van der Waals surface area contributed by atoms with Gasteiger partial charge in [-0.3, -0.25) is 4.79 Å². The number of thioether (sulfide) groups is 1. The third-order valence-electron chi connectivity index (χ3n) is 3.78. The van der Waals surface area contributed by atoms with Crippen molar-refractivity contribution in [2.24, 2.45) is 0 Å². The number of carbonyl (C=O) groups is 1. The molecule has 26 heavy (non-hydrogen) atoms. The topological polar surface area (TPSA) is 78.3 Å². The van der Waals surface area contributed by atoms with Gasteiger partial charge in [0.05, 0.1) is 10.9 Å². The Kier molecular flexibility index (Phi) is 4.49. The van der Waals surface area contributed by atoms with Gasteiger partial charge in [-0.25, -0.2) is 9.67 Å². The first kappa shape index (κ1) is 16.5. The summed E-state index contributed by atoms with van der Waals surface area (Å²) in [6, 6.07) is 15.0. The lowest BCUT2D eigenvalue weighted by molar-refractivity contribution is -0.115. The van der Waals surface area contributed by atoms with Gasteiger partial charge in [-0.15, -0.1) is 5.10 Å². The maximum Gasteiger partial charge on any atom is 0.237 e. The SMILES string of the molecule is CC(Sc1ncn(-c2ccccc2)n1)C(=O)Nc1ccc2c(c1)OCO2. The van der Waals surface area contributed by atoms with Gasteiger partial charge in [-0.2, -0.15) is 0 Å². The molecule has 0 bridgehead atoms. The predicted molar refractivity (Wildman–Crippen MR) is 97.9 cm³/mol. The van der Waals surface area contributed by atoms with Crippen molar-refractivity contribution in [1.82, 2.24) is 14.8 Å². The number of ether oxygens (including phenoxy) is 2. The van der Waals surface area contributed by atoms with Crippen LogP contribution in [0.1, 0.15) is 6.92 Å². The molecule has 1 aliphatic rings. The zero-order chi connectivity index (χ0) is 17.9. The standard InChI is InChI=1S/C18H16N4O3S/c1-12(17(23)20-13-7-8-15-16(9-13)25-11-24-15)26-18-19-10-22(21-18)14-5-3-2-4-6-14/h2-10,12H,11H2,1H3,(H,20,23). The average molecular weight is 368 g/mol. The van der Waals surface area contributed by atoms with Crippen molar-refractivity contribution in [2.75, 3.05) is 12.1 Å². The van der Waals surface area contributed by atoms with Crippen molar-refractivity contribution < 1.29 is 14.3 Å². The van der Waals surface area contributed by atoms with Crippen LogP contribution in [0.2, 0.25) is 0 Å². The summed E-state index contributed by atoms with van der Waals surface area (Å²) >= 11 is 1.30. The van der Waals surface area contributed by atoms with E-state index in [1.165, 1.54) is 11.8 Å². The number of hydrogen-bond donors (Lipinski definition) is 1. The van der Waals surface area contributed by atoms with Crippen molar-refractivity contribution in [3.8, 4) is 17.2 Å². The summed E-state index contributed by atoms with van der Waals surface area (Å²) in [5.74, 6) is 1.18. The molecule has 1 unspecified atom stereocenters. The van der Waals surface area contributed by atoms with Gasteiger partial charge in [0.1, 0.15) is 6.33 Å². The second-order valence-electron chi connectivity index (χ2n) is 5.62. The highest BCUT2D eigenvalue weighted by Crippen LogP contribution is 2.34. The van der Waals surface area contributed by atoms with Crippen LogP contribution in [0.15, 0.2) is 60.0 Å². The molecule has 2 aromatic carbocycles. The molecule has 0 saturated carbocycles. The second-order valence-corrected chi connectivity index (χ2v) is 6.93. The van der Waals surface area contributed by atoms with Crippen molar-refractivity contribution in [2.45, 2.75) is 17.3 Å². The third kappa shape index (κ3) is 3.50. The van der Waals surface area contributed by atoms with Crippen molar-refractivity contribution in [1.29, 1.82) is 0 Å². The van der Waals surface area contributed by atoms with E-state index >= 15 is 0 Å². The highest BCUT2D eigenvalue weighted by atomic mass is 32.2. The molecule has 0 spiro atoms. The fraction of sp³-hybridized carbons (Fsp3) is 0.167. The van der Waals surface area contributed by atoms with Crippen molar-refractivity contribution >= 4 is 23.4 Å². The van der Waals surface area contributed by atoms with Crippen LogP contribution in [-0.2, 0) is 4.79 Å². The van der Waals surface area contributed by atoms with E-state index in [0.29, 0.717) is 22.3 Å². The highest BCUT2D eigenvalue weighted by molar-refractivity contribution is 8.00. The van der Waals surface area contributed by atoms with Crippen LogP contribution >= 0.6 is 11.8 Å². The van der Waals surface area contributed by atoms with E-state index < -0.39 is 0 Å². The molecule has 1 amide bonds. The summed E-state index contributed by atoms with van der Waals surface area (Å²) in [5, 5.41) is 7.47. The first-order valence-electron chi connectivity index (χ1n) is 8.03. The van der Waals surface area contributed by atoms with Gasteiger partial charge in [0.15, 0.2) is 11.5 Å². The van der Waals surface area contributed by atoms with Gasteiger partial charge in [-0.1, -0.05) is 30.0 Å². The summed E-state index contributed by atoms with van der Waals surface area (Å²) in [4.78, 5) is 16.7. The van der Waals surface area contributed by atoms with Crippen LogP contribution < -0.4 is 14.8 Å². The third-order valence-corrected chi connectivity index (χ3v) is 4.75. The summed E-state index contributed by atoms with van der Waals surface area (Å²) in [6.07, 6.45) is 1.64. The normalized spacial score (nSPS) is 13.4. The van der Waals surface area contributed by atoms with E-state index in [2.05, 4.69) is 15.4 Å². The number of hydrogen-bond acceptors (Lipinski definition) is 6. The fourth-order valence-corrected chi connectivity index (χ4v) is 3.16. The lowest BCUT2D eigenvalue weighted by atomic mass is 10.2. The lowest BCUT2D eigenvalue weighted by Crippen LogP contribution is -2.22. The monoisotopic (exact) mass is 368 g/mol. The van der Waals surface area contributed by atoms with Crippen LogP contribution in [0, 0.1) is 0 Å². The van der Waals surface area contributed by atoms with Crippen molar-refractivity contribution in [3.63, 3.8) is 0 Å². The number of benzene rings is 2. The molecule has 0 fully saturated rings. The minimum atomic E-state index is -0.355. The van der Waals surface area contributed by atoms with Crippen LogP contribution in [0.3, 0.4) is 0 Å². The Morgan fingerprint density at radius 2 is 2.00 bits per heavy atom. The van der Waals surface area contributed by atoms with E-state index in [1.807, 2.05) is 37.3 Å². The Bertz CT molecular complexity index is 929. The first-order valence-corrected chi connectivity index (χ1v) is 8.91. The Balaban J connectivity index is 1.39. The molecule has 1 aromatic heterocycles. The number of carbonyl (C=O) groups excluding carboxylic acids is 1. The van der Waals surface area contributed by atoms with Gasteiger partial charge in [0.2, 0.25) is 17.9 Å². The van der Waals surface area contributed by atoms with E-state index in [9.17, 15) is 4.79 Å². The molecule has 2 heterocycles. The van der Waals surface area contributed by atoms with E-state index in [4.69, 9.17) is 9.47 Å². The number of para-hydroxylation sites is 1. The molecular weight excluding hydrogens is 352 g/mol. The molecule has 132 valence electrons. The van der Waals surface area contributed by atoms with Gasteiger partial charge >= 0.3 is 0 Å². The van der Waals surface area contributed by atoms with Crippen LogP contribution in [0.5, 0.6) is 11.5 Å². The second kappa shape index (κ2) is 7.09. The summed E-state index contributed by atoms with van der Waals surface area (Å²) < 4.78 is 12.3. The maximum atomic E-state index is 12.4. The molecule has 0 aliphatic carbocycles. The smallest absolute Gasteiger partial charge is 0.237 e. The lowest BCUT2D eigenvalue weighted by Gasteiger charge is -2.10. The molecular formula is C18H16N4O3S. The Labute approximate surface area is 154 Å². The number of rotatable bonds is 5. The minimum Gasteiger partial charge on any atom is -0.454 e. The van der Waals surface area contributed by atoms with Crippen molar-refractivity contribution in [3.05, 3.63) is 54.9 Å². The van der Waals surface area contributed by atoms with Gasteiger partial charge < -0.3 is 14.8 Å². The summed E-state index contributed by atoms with van der Waals surface area (Å²) in [6.45, 7) is 2.02. The molecule has 0 saturated heterocycles. The molecule has 1 aliphatic heterocycles. The van der Waals surface area contributed by atoms with Gasteiger partial charge in [0, 0.05) is 11.8 Å². The molecule has 0 radical (unpaired) electrons. The molecule has 8 heteroatoms. The zero-order valence-corrected chi connectivity index (χ0v) is 14.8. The summed E-state index contributed by atoms with van der Waals surface area (Å²) in [7, 11) is 0. The first-order chi connectivity index (χ1) is 12.7. The molecule has 4 rings (SSSR count). The molecule has 7 nitrogen and oxygen atoms in total. The Hall–Kier alpha value is -3.00. The average Bonchev–Trinajstić information content (AvgIpc) is 3.31. The predicted octanol–water partition coefficient (Wildman–Crippen LogP) is 3.12. The number of anilines is 1. The number of aromatic nitrogens is 3. The minimum absolute atomic E-state index is 0.134. The molecule has 1 N–H and O–H groups in total. The number of amides is 1. The van der Waals surface area contributed by atoms with Crippen LogP contribution in [0.4, 0.5) is 5.69 Å². The van der Waals surface area contributed by atoms with Crippen LogP contribution in [0.25, 0.3) is 5.69 Å². The zero-order valence-electron chi connectivity index (χ0n) is 14.0. The maximum absolute atomic E-state index is 12.4. The Morgan fingerprint density at radius 1 is 1.19 bits per heavy atom. The van der Waals surface area contributed by atoms with E-state index in [1.54, 1.807) is 29.2 Å². The highest BCUT2D eigenvalue weighted by Gasteiger charge is 2.19. The summed E-state index contributed by atoms with van der Waals surface area (Å²) in [5.41, 5.74) is 1.58. The quantitative estimate of drug-likeness (QED) is 0.697. The van der Waals surface area contributed by atoms with E-state index in [-0.39, 0.29) is 18.0 Å². The number of nitrogens with zero attached hydrogens (tertiary/aromatic N) is 3. The number of fused-ring (bicyclic) bond motifs is 1. The van der Waals surface area contributed by atoms with Gasteiger partial charge in [-0.05, 0) is 31.2 Å². The van der Waals surface area contributed by atoms with Crippen LogP contribution in [-0.4, -0.2) is 32.7 Å². The molecule has 3 aromatic rings. The number of nitrogens with one attached hydrogen (secondary N) is 1. The van der Waals surface area contributed by atoms with E-state index in [0.717, 1.165) is 5.69 Å². The largest absolute Gasteiger partial charge is 0.454 e. The molecule has 1 atom stereocenters.